The van der Waals surface area contributed by atoms with Crippen molar-refractivity contribution in [3.05, 3.63) is 83.2 Å². The van der Waals surface area contributed by atoms with E-state index in [1.54, 1.807) is 7.05 Å². The van der Waals surface area contributed by atoms with Crippen LogP contribution in [0.2, 0.25) is 0 Å². The summed E-state index contributed by atoms with van der Waals surface area (Å²) in [5.41, 5.74) is 6.79. The molecule has 29 heavy (non-hydrogen) atoms. The third kappa shape index (κ3) is 3.81. The molecule has 146 valence electrons. The lowest BCUT2D eigenvalue weighted by Gasteiger charge is -2.27. The van der Waals surface area contributed by atoms with Crippen molar-refractivity contribution in [3.63, 3.8) is 0 Å². The number of aromatic nitrogens is 2. The molecule has 0 aliphatic heterocycles. The molecule has 0 fully saturated rings. The molecule has 0 spiro atoms. The fourth-order valence-corrected chi connectivity index (χ4v) is 3.90. The summed E-state index contributed by atoms with van der Waals surface area (Å²) in [6.07, 6.45) is 4.33. The first-order chi connectivity index (χ1) is 14.2. The molecule has 0 saturated heterocycles. The summed E-state index contributed by atoms with van der Waals surface area (Å²) >= 11 is 0. The normalized spacial score (nSPS) is 16.4. The second-order valence-corrected chi connectivity index (χ2v) is 7.17. The first kappa shape index (κ1) is 19.0. The first-order valence-corrected chi connectivity index (χ1v) is 10.0. The number of hydrogen-bond acceptors (Lipinski definition) is 5. The summed E-state index contributed by atoms with van der Waals surface area (Å²) in [6.45, 7) is 2.13. The van der Waals surface area contributed by atoms with Crippen LogP contribution in [0.3, 0.4) is 0 Å². The van der Waals surface area contributed by atoms with Gasteiger partial charge in [0, 0.05) is 24.6 Å². The molecule has 5 heteroatoms. The first-order valence-electron chi connectivity index (χ1n) is 10.0. The lowest BCUT2D eigenvalue weighted by Crippen LogP contribution is -2.29. The van der Waals surface area contributed by atoms with Gasteiger partial charge in [-0.2, -0.15) is 0 Å². The van der Waals surface area contributed by atoms with E-state index in [0.717, 1.165) is 41.1 Å². The van der Waals surface area contributed by atoms with Crippen LogP contribution in [0, 0.1) is 5.41 Å². The van der Waals surface area contributed by atoms with E-state index < -0.39 is 0 Å². The van der Waals surface area contributed by atoms with Gasteiger partial charge in [0.15, 0.2) is 0 Å². The lowest BCUT2D eigenvalue weighted by molar-refractivity contribution is 0.853. The Hall–Kier alpha value is -3.34. The van der Waals surface area contributed by atoms with Crippen LogP contribution in [0.25, 0.3) is 0 Å². The Bertz CT molecular complexity index is 1060. The quantitative estimate of drug-likeness (QED) is 0.612. The largest absolute Gasteiger partial charge is 0.324 e. The molecular weight excluding hydrogens is 358 g/mol. The molecule has 1 aliphatic carbocycles. The molecule has 1 heterocycles. The van der Waals surface area contributed by atoms with Crippen molar-refractivity contribution < 1.29 is 0 Å². The van der Waals surface area contributed by atoms with Crippen molar-refractivity contribution in [1.82, 2.24) is 9.97 Å². The summed E-state index contributed by atoms with van der Waals surface area (Å²) in [7, 11) is 1.79. The summed E-state index contributed by atoms with van der Waals surface area (Å²) in [5.74, 6) is 0.323. The Kier molecular flexibility index (Phi) is 5.47. The average Bonchev–Trinajstić information content (AvgIpc) is 2.77. The van der Waals surface area contributed by atoms with Crippen LogP contribution < -0.4 is 5.32 Å². The van der Waals surface area contributed by atoms with Crippen molar-refractivity contribution in [3.8, 4) is 0 Å². The Morgan fingerprint density at radius 1 is 1.10 bits per heavy atom. The zero-order chi connectivity index (χ0) is 20.2. The van der Waals surface area contributed by atoms with Gasteiger partial charge in [0.05, 0.1) is 17.3 Å². The predicted octanol–water partition coefficient (Wildman–Crippen LogP) is 4.95. The third-order valence-electron chi connectivity index (χ3n) is 5.41. The Morgan fingerprint density at radius 2 is 1.86 bits per heavy atom. The maximum Gasteiger partial charge on any atom is 0.227 e. The minimum atomic E-state index is -0.240. The highest BCUT2D eigenvalue weighted by Crippen LogP contribution is 2.32. The highest BCUT2D eigenvalue weighted by molar-refractivity contribution is 6.18. The predicted molar refractivity (Wildman–Crippen MR) is 119 cm³/mol. The minimum absolute atomic E-state index is 0.240. The van der Waals surface area contributed by atoms with Crippen molar-refractivity contribution in [2.24, 2.45) is 4.99 Å². The zero-order valence-electron chi connectivity index (χ0n) is 16.8. The molecule has 0 bridgehead atoms. The van der Waals surface area contributed by atoms with Gasteiger partial charge in [-0.05, 0) is 42.0 Å². The molecule has 0 radical (unpaired) electrons. The topological polar surface area (TPSA) is 74.0 Å². The monoisotopic (exact) mass is 383 g/mol. The lowest BCUT2D eigenvalue weighted by atomic mass is 9.80. The van der Waals surface area contributed by atoms with E-state index in [1.807, 2.05) is 54.7 Å². The molecule has 2 N–H and O–H groups in total. The zero-order valence-corrected chi connectivity index (χ0v) is 16.8. The molecule has 3 aromatic rings. The van der Waals surface area contributed by atoms with Gasteiger partial charge in [0.25, 0.3) is 0 Å². The van der Waals surface area contributed by atoms with Gasteiger partial charge in [-0.25, -0.2) is 9.97 Å². The maximum atomic E-state index is 8.65. The molecule has 0 amide bonds. The third-order valence-corrected chi connectivity index (χ3v) is 5.41. The van der Waals surface area contributed by atoms with Crippen molar-refractivity contribution in [2.45, 2.75) is 32.1 Å². The summed E-state index contributed by atoms with van der Waals surface area (Å²) < 4.78 is 0. The van der Waals surface area contributed by atoms with Gasteiger partial charge >= 0.3 is 0 Å². The van der Waals surface area contributed by atoms with Crippen LogP contribution in [-0.4, -0.2) is 28.4 Å². The van der Waals surface area contributed by atoms with Crippen LogP contribution in [0.15, 0.2) is 65.8 Å². The van der Waals surface area contributed by atoms with E-state index in [-0.39, 0.29) is 5.92 Å². The van der Waals surface area contributed by atoms with E-state index in [1.165, 1.54) is 5.56 Å². The van der Waals surface area contributed by atoms with Crippen molar-refractivity contribution >= 4 is 23.1 Å². The standard InChI is InChI=1S/C24H25N5/c1-3-16-9-7-8-12-20(16)28-24-27-15-18-13-14-19(25)21(23(18)29-24)22(26-2)17-10-5-4-6-11-17/h4-12,15,21,25H,3,13-14H2,1-2H3,(H,27,28,29). The second kappa shape index (κ2) is 8.35. The number of nitrogens with one attached hydrogen (secondary N) is 2. The van der Waals surface area contributed by atoms with Gasteiger partial charge in [-0.3, -0.25) is 4.99 Å². The number of aryl methyl sites for hydroxylation is 2. The number of aliphatic imine (C=N–C) groups is 1. The summed E-state index contributed by atoms with van der Waals surface area (Å²) in [6, 6.07) is 18.3. The Balaban J connectivity index is 1.74. The summed E-state index contributed by atoms with van der Waals surface area (Å²) in [4.78, 5) is 14.0. The molecule has 2 aromatic carbocycles. The number of fused-ring (bicyclic) bond motifs is 1. The maximum absolute atomic E-state index is 8.65. The Labute approximate surface area is 171 Å². The van der Waals surface area contributed by atoms with E-state index in [4.69, 9.17) is 10.4 Å². The van der Waals surface area contributed by atoms with Crippen molar-refractivity contribution in [2.75, 3.05) is 12.4 Å². The minimum Gasteiger partial charge on any atom is -0.324 e. The number of benzene rings is 2. The molecular formula is C24H25N5. The second-order valence-electron chi connectivity index (χ2n) is 7.17. The van der Waals surface area contributed by atoms with E-state index in [0.29, 0.717) is 18.1 Å². The van der Waals surface area contributed by atoms with E-state index in [9.17, 15) is 0 Å². The van der Waals surface area contributed by atoms with Crippen LogP contribution >= 0.6 is 0 Å². The fourth-order valence-electron chi connectivity index (χ4n) is 3.90. The number of hydrogen-bond donors (Lipinski definition) is 2. The van der Waals surface area contributed by atoms with Crippen LogP contribution in [0.5, 0.6) is 0 Å². The molecule has 1 aromatic heterocycles. The highest BCUT2D eigenvalue weighted by Gasteiger charge is 2.31. The van der Waals surface area contributed by atoms with Gasteiger partial charge < -0.3 is 10.7 Å². The molecule has 1 unspecified atom stereocenters. The van der Waals surface area contributed by atoms with Crippen LogP contribution in [0.1, 0.15) is 41.6 Å². The van der Waals surface area contributed by atoms with Crippen molar-refractivity contribution in [1.29, 1.82) is 5.41 Å². The van der Waals surface area contributed by atoms with E-state index in [2.05, 4.69) is 28.3 Å². The SMILES string of the molecule is CCc1ccccc1Nc1ncc2c(n1)C(C(=NC)c1ccccc1)C(=N)CC2. The number of anilines is 2. The molecule has 0 saturated carbocycles. The van der Waals surface area contributed by atoms with Crippen LogP contribution in [0.4, 0.5) is 11.6 Å². The smallest absolute Gasteiger partial charge is 0.227 e. The molecule has 1 aliphatic rings. The number of para-hydroxylation sites is 1. The van der Waals surface area contributed by atoms with Gasteiger partial charge in [-0.15, -0.1) is 0 Å². The van der Waals surface area contributed by atoms with Gasteiger partial charge in [0.1, 0.15) is 0 Å². The number of nitrogens with zero attached hydrogens (tertiary/aromatic N) is 3. The van der Waals surface area contributed by atoms with Gasteiger partial charge in [0.2, 0.25) is 5.95 Å². The average molecular weight is 383 g/mol. The Morgan fingerprint density at radius 3 is 2.62 bits per heavy atom. The molecule has 1 atom stereocenters. The summed E-state index contributed by atoms with van der Waals surface area (Å²) in [5, 5.41) is 12.0. The van der Waals surface area contributed by atoms with E-state index >= 15 is 0 Å². The van der Waals surface area contributed by atoms with Crippen LogP contribution in [-0.2, 0) is 12.8 Å². The highest BCUT2D eigenvalue weighted by atomic mass is 15.1. The number of rotatable bonds is 5. The molecule has 5 nitrogen and oxygen atoms in total. The fraction of sp³-hybridized carbons (Fsp3) is 0.250. The molecule has 4 rings (SSSR count). The van der Waals surface area contributed by atoms with Gasteiger partial charge in [-0.1, -0.05) is 55.5 Å².